The lowest BCUT2D eigenvalue weighted by Crippen LogP contribution is -2.93. The number of hydrogen-bond donors (Lipinski definition) is 4. The topological polar surface area (TPSA) is 134 Å². The number of hydrogen-bond acceptors (Lipinski definition) is 4. The van der Waals surface area contributed by atoms with E-state index in [0.717, 1.165) is 32.2 Å². The summed E-state index contributed by atoms with van der Waals surface area (Å²) in [5, 5.41) is 24.6. The summed E-state index contributed by atoms with van der Waals surface area (Å²) in [7, 11) is 0. The molecule has 0 bridgehead atoms. The number of aromatic hydroxyl groups is 1. The third-order valence-corrected chi connectivity index (χ3v) is 3.51. The molecule has 0 fully saturated rings. The van der Waals surface area contributed by atoms with Gasteiger partial charge in [0.2, 0.25) is 5.91 Å². The zero-order valence-electron chi connectivity index (χ0n) is 13.3. The van der Waals surface area contributed by atoms with Crippen molar-refractivity contribution in [1.82, 2.24) is 0 Å². The molecule has 128 valence electrons. The minimum atomic E-state index is -1.23. The van der Waals surface area contributed by atoms with E-state index in [0.29, 0.717) is 12.2 Å². The normalized spacial score (nSPS) is 11.9. The largest absolute Gasteiger partial charge is 0.544 e. The van der Waals surface area contributed by atoms with E-state index in [1.54, 1.807) is 17.4 Å². The summed E-state index contributed by atoms with van der Waals surface area (Å²) in [4.78, 5) is 23.0. The van der Waals surface area contributed by atoms with Crippen LogP contribution in [-0.4, -0.2) is 36.1 Å². The highest BCUT2D eigenvalue weighted by molar-refractivity contribution is 5.93. The second kappa shape index (κ2) is 10.6. The van der Waals surface area contributed by atoms with E-state index in [1.807, 2.05) is 0 Å². The number of carboxylic acid groups (broad SMARTS) is 1. The van der Waals surface area contributed by atoms with Crippen molar-refractivity contribution in [3.8, 4) is 5.75 Å². The Hall–Kier alpha value is -2.12. The fourth-order valence-corrected chi connectivity index (χ4v) is 2.21. The van der Waals surface area contributed by atoms with Crippen molar-refractivity contribution in [3.63, 3.8) is 0 Å². The number of amides is 1. The molecule has 7 N–H and O–H groups in total. The molecule has 0 radical (unpaired) electrons. The zero-order valence-corrected chi connectivity index (χ0v) is 13.3. The Morgan fingerprint density at radius 2 is 1.83 bits per heavy atom. The van der Waals surface area contributed by atoms with Crippen molar-refractivity contribution >= 4 is 17.6 Å². The first-order chi connectivity index (χ1) is 11.0. The predicted octanol–water partition coefficient (Wildman–Crippen LogP) is -1.79. The minimum Gasteiger partial charge on any atom is -0.544 e. The van der Waals surface area contributed by atoms with Gasteiger partial charge in [0.15, 0.2) is 0 Å². The average molecular weight is 324 g/mol. The summed E-state index contributed by atoms with van der Waals surface area (Å²) in [6.45, 7) is 1.57. The van der Waals surface area contributed by atoms with Crippen LogP contribution in [0.25, 0.3) is 0 Å². The van der Waals surface area contributed by atoms with Crippen molar-refractivity contribution in [2.45, 2.75) is 38.1 Å². The van der Waals surface area contributed by atoms with Gasteiger partial charge >= 0.3 is 0 Å². The van der Waals surface area contributed by atoms with Gasteiger partial charge in [0.1, 0.15) is 11.8 Å². The number of benzene rings is 1. The van der Waals surface area contributed by atoms with Crippen LogP contribution >= 0.6 is 0 Å². The zero-order chi connectivity index (χ0) is 17.1. The molecule has 1 rings (SSSR count). The molecule has 0 heterocycles. The molecule has 0 aliphatic carbocycles. The number of phenols is 1. The number of nitrogens with two attached hydrogens (primary N) is 1. The monoisotopic (exact) mass is 324 g/mol. The predicted molar refractivity (Wildman–Crippen MR) is 83.2 cm³/mol. The summed E-state index contributed by atoms with van der Waals surface area (Å²) < 4.78 is 0. The number of quaternary nitrogens is 2. The fraction of sp³-hybridized carbons (Fsp3) is 0.500. The summed E-state index contributed by atoms with van der Waals surface area (Å²) in [5.74, 6) is -1.52. The Morgan fingerprint density at radius 1 is 1.17 bits per heavy atom. The first-order valence-electron chi connectivity index (χ1n) is 7.95. The number of carboxylic acids is 1. The lowest BCUT2D eigenvalue weighted by atomic mass is 10.1. The van der Waals surface area contributed by atoms with Gasteiger partial charge in [0, 0.05) is 5.69 Å². The molecule has 0 saturated carbocycles. The van der Waals surface area contributed by atoms with Crippen molar-refractivity contribution in [2.75, 3.05) is 18.4 Å². The molecule has 0 aliphatic heterocycles. The highest BCUT2D eigenvalue weighted by Crippen LogP contribution is 2.13. The van der Waals surface area contributed by atoms with E-state index in [-0.39, 0.29) is 12.2 Å². The standard InChI is InChI=1S/C16H25N3O4/c17-9-3-1-2-4-10-18-14(16(22)23)11-15(21)19-12-5-7-13(20)8-6-12/h5-8,14,18,20H,1-4,9-11,17H2,(H,19,21)(H,22,23)/p+1/t14-/m1/s1. The van der Waals surface area contributed by atoms with Gasteiger partial charge < -0.3 is 31.4 Å². The highest BCUT2D eigenvalue weighted by Gasteiger charge is 2.18. The van der Waals surface area contributed by atoms with E-state index in [9.17, 15) is 19.8 Å². The molecule has 7 nitrogen and oxygen atoms in total. The molecule has 0 saturated heterocycles. The Labute approximate surface area is 135 Å². The van der Waals surface area contributed by atoms with E-state index in [1.165, 1.54) is 12.1 Å². The number of carbonyl (C=O) groups excluding carboxylic acids is 2. The maximum Gasteiger partial charge on any atom is 0.230 e. The van der Waals surface area contributed by atoms with Crippen LogP contribution in [0.5, 0.6) is 5.75 Å². The van der Waals surface area contributed by atoms with Gasteiger partial charge in [-0.2, -0.15) is 0 Å². The lowest BCUT2D eigenvalue weighted by molar-refractivity contribution is -0.682. The maximum atomic E-state index is 11.9. The van der Waals surface area contributed by atoms with Crippen molar-refractivity contribution in [2.24, 2.45) is 0 Å². The molecular formula is C16H26N3O4+. The Morgan fingerprint density at radius 3 is 2.43 bits per heavy atom. The number of unbranched alkanes of at least 4 members (excludes halogenated alkanes) is 3. The van der Waals surface area contributed by atoms with Crippen molar-refractivity contribution in [3.05, 3.63) is 24.3 Å². The van der Waals surface area contributed by atoms with Gasteiger partial charge in [-0.25, -0.2) is 0 Å². The Balaban J connectivity index is 2.35. The molecule has 1 atom stereocenters. The first kappa shape index (κ1) is 18.9. The molecule has 0 unspecified atom stereocenters. The van der Waals surface area contributed by atoms with Gasteiger partial charge in [0.05, 0.1) is 25.5 Å². The molecule has 7 heteroatoms. The molecule has 0 aromatic heterocycles. The van der Waals surface area contributed by atoms with Crippen LogP contribution in [0.15, 0.2) is 24.3 Å². The number of aliphatic carboxylic acids is 1. The van der Waals surface area contributed by atoms with Crippen LogP contribution < -0.4 is 21.5 Å². The first-order valence-corrected chi connectivity index (χ1v) is 7.95. The highest BCUT2D eigenvalue weighted by atomic mass is 16.4. The van der Waals surface area contributed by atoms with E-state index >= 15 is 0 Å². The summed E-state index contributed by atoms with van der Waals surface area (Å²) in [6, 6.07) is 5.11. The molecular weight excluding hydrogens is 298 g/mol. The van der Waals surface area contributed by atoms with Gasteiger partial charge in [-0.3, -0.25) is 4.79 Å². The third kappa shape index (κ3) is 8.18. The Kier molecular flexibility index (Phi) is 8.71. The van der Waals surface area contributed by atoms with Crippen LogP contribution in [0.1, 0.15) is 32.1 Å². The van der Waals surface area contributed by atoms with Crippen LogP contribution in [0.4, 0.5) is 5.69 Å². The smallest absolute Gasteiger partial charge is 0.230 e. The molecule has 0 spiro atoms. The van der Waals surface area contributed by atoms with Crippen LogP contribution in [0.3, 0.4) is 0 Å². The number of rotatable bonds is 11. The number of nitrogens with one attached hydrogen (secondary N) is 1. The minimum absolute atomic E-state index is 0.0998. The van der Waals surface area contributed by atoms with Crippen LogP contribution in [-0.2, 0) is 9.59 Å². The van der Waals surface area contributed by atoms with Crippen molar-refractivity contribution in [1.29, 1.82) is 0 Å². The van der Waals surface area contributed by atoms with Gasteiger partial charge in [-0.15, -0.1) is 0 Å². The summed E-state index contributed by atoms with van der Waals surface area (Å²) in [5.41, 5.74) is 4.29. The number of anilines is 1. The summed E-state index contributed by atoms with van der Waals surface area (Å²) >= 11 is 0. The van der Waals surface area contributed by atoms with Gasteiger partial charge in [-0.05, 0) is 49.9 Å². The van der Waals surface area contributed by atoms with Gasteiger partial charge in [-0.1, -0.05) is 0 Å². The molecule has 23 heavy (non-hydrogen) atoms. The number of carbonyl (C=O) groups is 2. The third-order valence-electron chi connectivity index (χ3n) is 3.51. The van der Waals surface area contributed by atoms with E-state index in [2.05, 4.69) is 11.1 Å². The average Bonchev–Trinajstić information content (AvgIpc) is 2.51. The van der Waals surface area contributed by atoms with Crippen LogP contribution in [0, 0.1) is 0 Å². The SMILES string of the molecule is [NH3+]CCCCCC[NH2+][C@H](CC(=O)Nc1ccc(O)cc1)C(=O)[O-]. The van der Waals surface area contributed by atoms with Crippen LogP contribution in [0.2, 0.25) is 0 Å². The number of phenolic OH excluding ortho intramolecular Hbond substituents is 1. The van der Waals surface area contributed by atoms with Gasteiger partial charge in [0.25, 0.3) is 0 Å². The second-order valence-electron chi connectivity index (χ2n) is 5.52. The molecule has 1 amide bonds. The second-order valence-corrected chi connectivity index (χ2v) is 5.52. The Bertz CT molecular complexity index is 491. The molecule has 0 aliphatic rings. The fourth-order valence-electron chi connectivity index (χ4n) is 2.21. The summed E-state index contributed by atoms with van der Waals surface area (Å²) in [6.07, 6.45) is 3.96. The lowest BCUT2D eigenvalue weighted by Gasteiger charge is -2.16. The maximum absolute atomic E-state index is 11.9. The van der Waals surface area contributed by atoms with E-state index < -0.39 is 17.9 Å². The quantitative estimate of drug-likeness (QED) is 0.282. The van der Waals surface area contributed by atoms with Crippen molar-refractivity contribution < 1.29 is 30.9 Å². The molecule has 1 aromatic rings. The van der Waals surface area contributed by atoms with E-state index in [4.69, 9.17) is 0 Å². The molecule has 1 aromatic carbocycles.